The fraction of sp³-hybridized carbons (Fsp3) is 0.455. The molecule has 72 valence electrons. The Bertz CT molecular complexity index is 402. The molecule has 1 aliphatic rings. The van der Waals surface area contributed by atoms with Gasteiger partial charge in [0.25, 0.3) is 0 Å². The second-order valence-electron chi connectivity index (χ2n) is 3.97. The van der Waals surface area contributed by atoms with Crippen molar-refractivity contribution >= 4 is 15.9 Å². The van der Waals surface area contributed by atoms with Gasteiger partial charge in [0.2, 0.25) is 0 Å². The first kappa shape index (κ1) is 9.67. The first-order valence-electron chi connectivity index (χ1n) is 4.67. The zero-order chi connectivity index (χ0) is 10.2. The fourth-order valence-electron chi connectivity index (χ4n) is 1.57. The highest BCUT2D eigenvalue weighted by Crippen LogP contribution is 2.48. The second kappa shape index (κ2) is 3.36. The van der Waals surface area contributed by atoms with Crippen LogP contribution in [0.2, 0.25) is 0 Å². The van der Waals surface area contributed by atoms with E-state index < -0.39 is 0 Å². The summed E-state index contributed by atoms with van der Waals surface area (Å²) in [5, 5.41) is 9.00. The number of nitriles is 1. The molecule has 0 saturated heterocycles. The van der Waals surface area contributed by atoms with Gasteiger partial charge in [0, 0.05) is 16.4 Å². The Hall–Kier alpha value is -0.880. The van der Waals surface area contributed by atoms with E-state index in [1.165, 1.54) is 5.56 Å². The molecule has 0 amide bonds. The van der Waals surface area contributed by atoms with Crippen molar-refractivity contribution in [2.45, 2.75) is 26.2 Å². The normalized spacial score (nSPS) is 17.5. The quantitative estimate of drug-likeness (QED) is 0.810. The predicted octanol–water partition coefficient (Wildman–Crippen LogP) is 3.00. The number of rotatable bonds is 2. The van der Waals surface area contributed by atoms with Crippen LogP contribution in [0.3, 0.4) is 0 Å². The molecule has 0 spiro atoms. The molecule has 0 aliphatic heterocycles. The summed E-state index contributed by atoms with van der Waals surface area (Å²) < 4.78 is 0.992. The molecule has 0 radical (unpaired) electrons. The lowest BCUT2D eigenvalue weighted by Crippen LogP contribution is -2.04. The first-order chi connectivity index (χ1) is 6.65. The molecule has 0 bridgehead atoms. The van der Waals surface area contributed by atoms with Gasteiger partial charge in [-0.3, -0.25) is 4.98 Å². The van der Waals surface area contributed by atoms with Crippen molar-refractivity contribution in [2.75, 3.05) is 0 Å². The maximum Gasteiger partial charge on any atom is 0.0693 e. The molecule has 2 rings (SSSR count). The minimum Gasteiger partial charge on any atom is -0.260 e. The van der Waals surface area contributed by atoms with Crippen LogP contribution in [-0.2, 0) is 6.42 Å². The number of hydrogen-bond donors (Lipinski definition) is 0. The van der Waals surface area contributed by atoms with Gasteiger partial charge in [0.15, 0.2) is 0 Å². The minimum absolute atomic E-state index is 0.0762. The second-order valence-corrected chi connectivity index (χ2v) is 4.88. The van der Waals surface area contributed by atoms with Crippen LogP contribution in [0.1, 0.15) is 24.1 Å². The number of aromatic nitrogens is 1. The third-order valence-corrected chi connectivity index (χ3v) is 3.21. The molecule has 2 nitrogen and oxygen atoms in total. The molecule has 1 heterocycles. The van der Waals surface area contributed by atoms with Crippen molar-refractivity contribution in [1.82, 2.24) is 4.98 Å². The molecule has 0 N–H and O–H groups in total. The van der Waals surface area contributed by atoms with Gasteiger partial charge < -0.3 is 0 Å². The highest BCUT2D eigenvalue weighted by molar-refractivity contribution is 9.10. The van der Waals surface area contributed by atoms with Gasteiger partial charge >= 0.3 is 0 Å². The lowest BCUT2D eigenvalue weighted by Gasteiger charge is -2.08. The lowest BCUT2D eigenvalue weighted by atomic mass is 9.97. The summed E-state index contributed by atoms with van der Waals surface area (Å²) in [7, 11) is 0. The van der Waals surface area contributed by atoms with E-state index in [1.54, 1.807) is 6.20 Å². The van der Waals surface area contributed by atoms with E-state index in [-0.39, 0.29) is 5.41 Å². The molecule has 1 aliphatic carbocycles. The predicted molar refractivity (Wildman–Crippen MR) is 57.7 cm³/mol. The van der Waals surface area contributed by atoms with Crippen molar-refractivity contribution in [1.29, 1.82) is 5.26 Å². The van der Waals surface area contributed by atoms with Gasteiger partial charge in [-0.15, -0.1) is 0 Å². The van der Waals surface area contributed by atoms with Crippen LogP contribution in [0.5, 0.6) is 0 Å². The minimum atomic E-state index is -0.0762. The van der Waals surface area contributed by atoms with Gasteiger partial charge in [-0.05, 0) is 53.7 Å². The molecule has 0 unspecified atom stereocenters. The zero-order valence-electron chi connectivity index (χ0n) is 8.05. The molecule has 0 aromatic carbocycles. The van der Waals surface area contributed by atoms with Gasteiger partial charge in [-0.2, -0.15) is 5.26 Å². The van der Waals surface area contributed by atoms with Crippen LogP contribution < -0.4 is 0 Å². The summed E-state index contributed by atoms with van der Waals surface area (Å²) in [6, 6.07) is 4.47. The van der Waals surface area contributed by atoms with Gasteiger partial charge in [0.1, 0.15) is 0 Å². The van der Waals surface area contributed by atoms with Crippen molar-refractivity contribution in [3.8, 4) is 6.07 Å². The Morgan fingerprint density at radius 2 is 2.36 bits per heavy atom. The van der Waals surface area contributed by atoms with Crippen LogP contribution in [0, 0.1) is 23.7 Å². The molecule has 0 atom stereocenters. The maximum atomic E-state index is 9.00. The average molecular weight is 251 g/mol. The monoisotopic (exact) mass is 250 g/mol. The van der Waals surface area contributed by atoms with E-state index in [2.05, 4.69) is 33.0 Å². The first-order valence-corrected chi connectivity index (χ1v) is 5.47. The van der Waals surface area contributed by atoms with Crippen molar-refractivity contribution in [2.24, 2.45) is 5.41 Å². The Morgan fingerprint density at radius 3 is 2.93 bits per heavy atom. The summed E-state index contributed by atoms with van der Waals surface area (Å²) in [6.45, 7) is 2.00. The number of pyridine rings is 1. The van der Waals surface area contributed by atoms with Crippen molar-refractivity contribution < 1.29 is 0 Å². The number of hydrogen-bond acceptors (Lipinski definition) is 2. The Balaban J connectivity index is 2.25. The van der Waals surface area contributed by atoms with Gasteiger partial charge in [-0.25, -0.2) is 0 Å². The molecule has 3 heteroatoms. The Kier molecular flexibility index (Phi) is 2.32. The summed E-state index contributed by atoms with van der Waals surface area (Å²) in [6.07, 6.45) is 4.72. The van der Waals surface area contributed by atoms with Crippen LogP contribution in [0.15, 0.2) is 16.7 Å². The van der Waals surface area contributed by atoms with E-state index in [0.29, 0.717) is 0 Å². The lowest BCUT2D eigenvalue weighted by molar-refractivity contribution is 0.659. The number of nitrogens with zero attached hydrogens (tertiary/aromatic N) is 2. The number of halogens is 1. The largest absolute Gasteiger partial charge is 0.260 e. The van der Waals surface area contributed by atoms with Crippen LogP contribution in [0.4, 0.5) is 0 Å². The van der Waals surface area contributed by atoms with Crippen LogP contribution >= 0.6 is 15.9 Å². The van der Waals surface area contributed by atoms with Crippen molar-refractivity contribution in [3.05, 3.63) is 28.0 Å². The van der Waals surface area contributed by atoms with Crippen LogP contribution in [-0.4, -0.2) is 4.98 Å². The molecule has 14 heavy (non-hydrogen) atoms. The third kappa shape index (κ3) is 1.80. The Morgan fingerprint density at radius 1 is 1.64 bits per heavy atom. The molecule has 1 aromatic rings. The SMILES string of the molecule is Cc1ncc(Br)cc1CC1(C#N)CC1. The zero-order valence-corrected chi connectivity index (χ0v) is 9.63. The summed E-state index contributed by atoms with van der Waals surface area (Å²) in [4.78, 5) is 4.27. The number of aryl methyl sites for hydroxylation is 1. The molecule has 1 fully saturated rings. The fourth-order valence-corrected chi connectivity index (χ4v) is 1.95. The summed E-state index contributed by atoms with van der Waals surface area (Å²) >= 11 is 3.40. The van der Waals surface area contributed by atoms with Gasteiger partial charge in [-0.1, -0.05) is 0 Å². The molecule has 1 aromatic heterocycles. The van der Waals surface area contributed by atoms with Gasteiger partial charge in [0.05, 0.1) is 11.5 Å². The van der Waals surface area contributed by atoms with E-state index in [0.717, 1.165) is 29.4 Å². The summed E-state index contributed by atoms with van der Waals surface area (Å²) in [5.41, 5.74) is 2.15. The highest BCUT2D eigenvalue weighted by atomic mass is 79.9. The van der Waals surface area contributed by atoms with E-state index >= 15 is 0 Å². The Labute approximate surface area is 92.1 Å². The molecular formula is C11H11BrN2. The standard InChI is InChI=1S/C11H11BrN2/c1-8-9(4-10(12)6-14-8)5-11(7-13)2-3-11/h4,6H,2-3,5H2,1H3. The molecular weight excluding hydrogens is 240 g/mol. The van der Waals surface area contributed by atoms with E-state index in [1.807, 2.05) is 6.92 Å². The van der Waals surface area contributed by atoms with Crippen LogP contribution in [0.25, 0.3) is 0 Å². The average Bonchev–Trinajstić information content (AvgIpc) is 2.92. The maximum absolute atomic E-state index is 9.00. The van der Waals surface area contributed by atoms with Crippen molar-refractivity contribution in [3.63, 3.8) is 0 Å². The molecule has 1 saturated carbocycles. The topological polar surface area (TPSA) is 36.7 Å². The highest BCUT2D eigenvalue weighted by Gasteiger charge is 2.43. The smallest absolute Gasteiger partial charge is 0.0693 e. The summed E-state index contributed by atoms with van der Waals surface area (Å²) in [5.74, 6) is 0. The van der Waals surface area contributed by atoms with E-state index in [4.69, 9.17) is 5.26 Å². The third-order valence-electron chi connectivity index (χ3n) is 2.78. The van der Waals surface area contributed by atoms with E-state index in [9.17, 15) is 0 Å².